The highest BCUT2D eigenvalue weighted by Gasteiger charge is 2.16. The lowest BCUT2D eigenvalue weighted by atomic mass is 10.2. The number of ether oxygens (including phenoxy) is 2. The van der Waals surface area contributed by atoms with Gasteiger partial charge in [-0.15, -0.1) is 0 Å². The Morgan fingerprint density at radius 1 is 1.19 bits per heavy atom. The van der Waals surface area contributed by atoms with Crippen LogP contribution in [0.1, 0.15) is 18.1 Å². The Balaban J connectivity index is 1.89. The minimum Gasteiger partial charge on any atom is -0.497 e. The summed E-state index contributed by atoms with van der Waals surface area (Å²) in [6.07, 6.45) is 1.87. The maximum atomic E-state index is 12.1. The van der Waals surface area contributed by atoms with Crippen molar-refractivity contribution in [1.29, 1.82) is 5.26 Å². The lowest BCUT2D eigenvalue weighted by molar-refractivity contribution is -0.148. The van der Waals surface area contributed by atoms with Gasteiger partial charge in [-0.25, -0.2) is 4.79 Å². The molecule has 0 fully saturated rings. The number of amides is 1. The van der Waals surface area contributed by atoms with Crippen LogP contribution in [0.4, 0.5) is 5.69 Å². The number of methoxy groups -OCH3 is 1. The van der Waals surface area contributed by atoms with E-state index >= 15 is 0 Å². The van der Waals surface area contributed by atoms with Gasteiger partial charge in [0, 0.05) is 11.8 Å². The third-order valence-electron chi connectivity index (χ3n) is 3.45. The largest absolute Gasteiger partial charge is 0.497 e. The second kappa shape index (κ2) is 9.04. The molecule has 0 saturated carbocycles. The maximum Gasteiger partial charge on any atom is 0.331 e. The molecule has 0 spiro atoms. The molecule has 0 aliphatic heterocycles. The molecule has 1 atom stereocenters. The van der Waals surface area contributed by atoms with Crippen LogP contribution in [0, 0.1) is 11.3 Å². The number of hydrogen-bond donors (Lipinski definition) is 1. The van der Waals surface area contributed by atoms with E-state index < -0.39 is 18.0 Å². The number of rotatable bonds is 6. The fourth-order valence-corrected chi connectivity index (χ4v) is 2.05. The number of nitrogens with one attached hydrogen (secondary N) is 1. The monoisotopic (exact) mass is 350 g/mol. The van der Waals surface area contributed by atoms with Crippen molar-refractivity contribution in [2.24, 2.45) is 0 Å². The molecular weight excluding hydrogens is 332 g/mol. The molecule has 26 heavy (non-hydrogen) atoms. The molecule has 2 aromatic carbocycles. The summed E-state index contributed by atoms with van der Waals surface area (Å²) >= 11 is 0. The minimum absolute atomic E-state index is 0.460. The summed E-state index contributed by atoms with van der Waals surface area (Å²) in [6, 6.07) is 15.6. The van der Waals surface area contributed by atoms with Gasteiger partial charge < -0.3 is 14.8 Å². The molecule has 0 radical (unpaired) electrons. The Hall–Kier alpha value is -3.59. The average molecular weight is 350 g/mol. The number of carbonyl (C=O) groups is 2. The summed E-state index contributed by atoms with van der Waals surface area (Å²) in [6.45, 7) is 1.48. The molecule has 0 aromatic heterocycles. The first-order chi connectivity index (χ1) is 12.5. The van der Waals surface area contributed by atoms with Crippen molar-refractivity contribution in [1.82, 2.24) is 0 Å². The zero-order chi connectivity index (χ0) is 18.9. The Kier molecular flexibility index (Phi) is 6.52. The van der Waals surface area contributed by atoms with Crippen molar-refractivity contribution in [3.63, 3.8) is 0 Å². The Bertz CT molecular complexity index is 851. The van der Waals surface area contributed by atoms with E-state index in [9.17, 15) is 9.59 Å². The highest BCUT2D eigenvalue weighted by molar-refractivity contribution is 5.96. The van der Waals surface area contributed by atoms with Gasteiger partial charge in [-0.1, -0.05) is 12.1 Å². The van der Waals surface area contributed by atoms with E-state index in [1.807, 2.05) is 12.1 Å². The molecule has 132 valence electrons. The molecular formula is C20H18N2O4. The number of benzene rings is 2. The van der Waals surface area contributed by atoms with Crippen molar-refractivity contribution >= 4 is 23.6 Å². The summed E-state index contributed by atoms with van der Waals surface area (Å²) in [4.78, 5) is 23.9. The first-order valence-corrected chi connectivity index (χ1v) is 7.85. The molecule has 0 unspecified atom stereocenters. The van der Waals surface area contributed by atoms with E-state index in [0.717, 1.165) is 5.56 Å². The van der Waals surface area contributed by atoms with Crippen LogP contribution in [0.5, 0.6) is 5.75 Å². The van der Waals surface area contributed by atoms with E-state index in [1.54, 1.807) is 55.7 Å². The number of nitriles is 1. The van der Waals surface area contributed by atoms with Gasteiger partial charge in [0.15, 0.2) is 6.10 Å². The normalized spacial score (nSPS) is 11.4. The Morgan fingerprint density at radius 2 is 1.92 bits per heavy atom. The first-order valence-electron chi connectivity index (χ1n) is 7.85. The zero-order valence-corrected chi connectivity index (χ0v) is 14.4. The molecule has 0 aliphatic rings. The number of carbonyl (C=O) groups excluding carboxylic acids is 2. The predicted molar refractivity (Wildman–Crippen MR) is 97.4 cm³/mol. The van der Waals surface area contributed by atoms with Crippen LogP contribution >= 0.6 is 0 Å². The van der Waals surface area contributed by atoms with Crippen LogP contribution in [-0.2, 0) is 14.3 Å². The van der Waals surface area contributed by atoms with Crippen LogP contribution in [0.15, 0.2) is 54.6 Å². The van der Waals surface area contributed by atoms with Gasteiger partial charge >= 0.3 is 5.97 Å². The number of hydrogen-bond acceptors (Lipinski definition) is 5. The van der Waals surface area contributed by atoms with Crippen molar-refractivity contribution < 1.29 is 19.1 Å². The third kappa shape index (κ3) is 5.49. The van der Waals surface area contributed by atoms with Crippen molar-refractivity contribution in [3.8, 4) is 11.8 Å². The highest BCUT2D eigenvalue weighted by Crippen LogP contribution is 2.14. The van der Waals surface area contributed by atoms with Crippen LogP contribution in [0.2, 0.25) is 0 Å². The predicted octanol–water partition coefficient (Wildman–Crippen LogP) is 3.15. The van der Waals surface area contributed by atoms with Crippen LogP contribution in [0.3, 0.4) is 0 Å². The van der Waals surface area contributed by atoms with Gasteiger partial charge in [0.25, 0.3) is 5.91 Å². The topological polar surface area (TPSA) is 88.4 Å². The van der Waals surface area contributed by atoms with Gasteiger partial charge in [-0.05, 0) is 55.0 Å². The zero-order valence-electron chi connectivity index (χ0n) is 14.4. The summed E-state index contributed by atoms with van der Waals surface area (Å²) in [5.74, 6) is -0.413. The lowest BCUT2D eigenvalue weighted by Gasteiger charge is -2.12. The molecule has 0 saturated heterocycles. The van der Waals surface area contributed by atoms with Gasteiger partial charge in [-0.2, -0.15) is 5.26 Å². The van der Waals surface area contributed by atoms with E-state index in [1.165, 1.54) is 13.0 Å². The molecule has 0 heterocycles. The van der Waals surface area contributed by atoms with Gasteiger partial charge in [0.1, 0.15) is 5.75 Å². The van der Waals surface area contributed by atoms with E-state index in [4.69, 9.17) is 14.7 Å². The highest BCUT2D eigenvalue weighted by atomic mass is 16.5. The summed E-state index contributed by atoms with van der Waals surface area (Å²) < 4.78 is 10.2. The van der Waals surface area contributed by atoms with E-state index in [0.29, 0.717) is 17.0 Å². The van der Waals surface area contributed by atoms with Gasteiger partial charge in [0.05, 0.1) is 18.7 Å². The molecule has 2 aromatic rings. The fourth-order valence-electron chi connectivity index (χ4n) is 2.05. The molecule has 6 nitrogen and oxygen atoms in total. The molecule has 1 amide bonds. The quantitative estimate of drug-likeness (QED) is 0.639. The average Bonchev–Trinajstić information content (AvgIpc) is 2.67. The van der Waals surface area contributed by atoms with Crippen LogP contribution < -0.4 is 10.1 Å². The van der Waals surface area contributed by atoms with Crippen molar-refractivity contribution in [2.45, 2.75) is 13.0 Å². The summed E-state index contributed by atoms with van der Waals surface area (Å²) in [7, 11) is 1.56. The molecule has 1 N–H and O–H groups in total. The smallest absolute Gasteiger partial charge is 0.331 e. The van der Waals surface area contributed by atoms with Gasteiger partial charge in [0.2, 0.25) is 0 Å². The minimum atomic E-state index is -0.965. The maximum absolute atomic E-state index is 12.1. The number of anilines is 1. The van der Waals surface area contributed by atoms with Crippen LogP contribution in [0.25, 0.3) is 6.08 Å². The van der Waals surface area contributed by atoms with Crippen LogP contribution in [-0.4, -0.2) is 25.1 Å². The Morgan fingerprint density at radius 3 is 2.58 bits per heavy atom. The molecule has 0 bridgehead atoms. The molecule has 6 heteroatoms. The third-order valence-corrected chi connectivity index (χ3v) is 3.45. The second-order valence-corrected chi connectivity index (χ2v) is 5.37. The summed E-state index contributed by atoms with van der Waals surface area (Å²) in [5, 5.41) is 11.4. The molecule has 0 aliphatic carbocycles. The fraction of sp³-hybridized carbons (Fsp3) is 0.150. The number of esters is 1. The number of nitrogens with zero attached hydrogens (tertiary/aromatic N) is 1. The second-order valence-electron chi connectivity index (χ2n) is 5.37. The molecule has 2 rings (SSSR count). The van der Waals surface area contributed by atoms with E-state index in [2.05, 4.69) is 5.32 Å². The van der Waals surface area contributed by atoms with Crippen molar-refractivity contribution in [3.05, 3.63) is 65.7 Å². The lowest BCUT2D eigenvalue weighted by Crippen LogP contribution is -2.29. The standard InChI is InChI=1S/C20H18N2O4/c1-14(20(24)22-17-9-6-16(13-21)7-10-17)26-19(23)11-8-15-4-3-5-18(12-15)25-2/h3-12,14H,1-2H3,(H,22,24)/b11-8+/t14-/m0/s1. The summed E-state index contributed by atoms with van der Waals surface area (Å²) in [5.41, 5.74) is 1.78. The van der Waals surface area contributed by atoms with Gasteiger partial charge in [-0.3, -0.25) is 4.79 Å². The van der Waals surface area contributed by atoms with Crippen molar-refractivity contribution in [2.75, 3.05) is 12.4 Å². The Labute approximate surface area is 151 Å². The first kappa shape index (κ1) is 18.7. The SMILES string of the molecule is COc1cccc(/C=C/C(=O)O[C@@H](C)C(=O)Nc2ccc(C#N)cc2)c1. The van der Waals surface area contributed by atoms with E-state index in [-0.39, 0.29) is 0 Å².